The maximum absolute atomic E-state index is 12.0. The van der Waals surface area contributed by atoms with Crippen molar-refractivity contribution in [3.8, 4) is 11.5 Å². The Morgan fingerprint density at radius 3 is 2.43 bits per heavy atom. The van der Waals surface area contributed by atoms with E-state index in [-0.39, 0.29) is 11.3 Å². The highest BCUT2D eigenvalue weighted by Crippen LogP contribution is 2.15. The number of hydrogen-bond acceptors (Lipinski definition) is 4. The van der Waals surface area contributed by atoms with Gasteiger partial charge in [0.05, 0.1) is 18.4 Å². The Bertz CT molecular complexity index is 922. The summed E-state index contributed by atoms with van der Waals surface area (Å²) >= 11 is 0. The molecule has 0 aliphatic rings. The number of para-hydroxylation sites is 1. The highest BCUT2D eigenvalue weighted by molar-refractivity contribution is 5.97. The normalized spacial score (nSPS) is 10.7. The van der Waals surface area contributed by atoms with Crippen LogP contribution in [0.2, 0.25) is 0 Å². The number of nitrogens with zero attached hydrogens (tertiary/aromatic N) is 1. The molecule has 5 heteroatoms. The van der Waals surface area contributed by atoms with Gasteiger partial charge < -0.3 is 9.84 Å². The highest BCUT2D eigenvalue weighted by atomic mass is 16.5. The van der Waals surface area contributed by atoms with Crippen LogP contribution in [0.4, 0.5) is 0 Å². The highest BCUT2D eigenvalue weighted by Gasteiger charge is 2.08. The van der Waals surface area contributed by atoms with Gasteiger partial charge in [0.15, 0.2) is 0 Å². The predicted molar refractivity (Wildman–Crippen MR) is 110 cm³/mol. The summed E-state index contributed by atoms with van der Waals surface area (Å²) in [4.78, 5) is 12.0. The van der Waals surface area contributed by atoms with Crippen molar-refractivity contribution in [3.05, 3.63) is 95.6 Å². The van der Waals surface area contributed by atoms with Crippen molar-refractivity contribution < 1.29 is 14.6 Å². The molecule has 0 spiro atoms. The zero-order chi connectivity index (χ0) is 19.6. The first kappa shape index (κ1) is 19.2. The van der Waals surface area contributed by atoms with Gasteiger partial charge in [0.2, 0.25) is 0 Å². The number of carbonyl (C=O) groups excluding carboxylic acids is 1. The van der Waals surface area contributed by atoms with Crippen LogP contribution in [0.5, 0.6) is 11.5 Å². The van der Waals surface area contributed by atoms with Crippen molar-refractivity contribution in [1.29, 1.82) is 0 Å². The first-order valence-electron chi connectivity index (χ1n) is 9.10. The number of hydrazone groups is 1. The standard InChI is InChI=1S/C23H22N2O3/c26-22-11-5-4-10-21(22)23(27)25-24-17-19-12-14-20(15-13-19)28-16-6-9-18-7-2-1-3-8-18/h1-5,7-8,10-15,17,26H,6,9,16H2,(H,25,27)/b24-17-. The smallest absolute Gasteiger partial charge is 0.275 e. The number of nitrogens with one attached hydrogen (secondary N) is 1. The molecule has 1 amide bonds. The van der Waals surface area contributed by atoms with Crippen LogP contribution in [-0.2, 0) is 6.42 Å². The lowest BCUT2D eigenvalue weighted by Gasteiger charge is -2.06. The molecular formula is C23H22N2O3. The van der Waals surface area contributed by atoms with Crippen LogP contribution in [-0.4, -0.2) is 23.8 Å². The fourth-order valence-electron chi connectivity index (χ4n) is 2.65. The minimum Gasteiger partial charge on any atom is -0.507 e. The van der Waals surface area contributed by atoms with E-state index in [1.165, 1.54) is 23.9 Å². The Labute approximate surface area is 164 Å². The van der Waals surface area contributed by atoms with E-state index in [4.69, 9.17) is 4.74 Å². The number of ether oxygens (including phenoxy) is 1. The second-order valence-electron chi connectivity index (χ2n) is 6.22. The Morgan fingerprint density at radius 1 is 0.964 bits per heavy atom. The van der Waals surface area contributed by atoms with Crippen molar-refractivity contribution in [1.82, 2.24) is 5.43 Å². The van der Waals surface area contributed by atoms with Gasteiger partial charge >= 0.3 is 0 Å². The Balaban J connectivity index is 1.43. The third-order valence-corrected chi connectivity index (χ3v) is 4.13. The van der Waals surface area contributed by atoms with Gasteiger partial charge in [-0.3, -0.25) is 4.79 Å². The lowest BCUT2D eigenvalue weighted by Crippen LogP contribution is -2.17. The molecule has 3 aromatic rings. The average Bonchev–Trinajstić information content (AvgIpc) is 2.73. The lowest BCUT2D eigenvalue weighted by atomic mass is 10.1. The minimum absolute atomic E-state index is 0.0797. The largest absolute Gasteiger partial charge is 0.507 e. The molecule has 28 heavy (non-hydrogen) atoms. The van der Waals surface area contributed by atoms with Crippen LogP contribution < -0.4 is 10.2 Å². The lowest BCUT2D eigenvalue weighted by molar-refractivity contribution is 0.0952. The van der Waals surface area contributed by atoms with E-state index >= 15 is 0 Å². The van der Waals surface area contributed by atoms with Crippen molar-refractivity contribution in [2.45, 2.75) is 12.8 Å². The van der Waals surface area contributed by atoms with E-state index < -0.39 is 5.91 Å². The van der Waals surface area contributed by atoms with E-state index in [1.807, 2.05) is 42.5 Å². The zero-order valence-corrected chi connectivity index (χ0v) is 15.4. The van der Waals surface area contributed by atoms with Crippen molar-refractivity contribution in [2.24, 2.45) is 5.10 Å². The number of hydrogen-bond donors (Lipinski definition) is 2. The molecule has 0 heterocycles. The van der Waals surface area contributed by atoms with E-state index in [0.29, 0.717) is 6.61 Å². The summed E-state index contributed by atoms with van der Waals surface area (Å²) < 4.78 is 5.75. The first-order chi connectivity index (χ1) is 13.7. The van der Waals surface area contributed by atoms with Gasteiger partial charge in [-0.15, -0.1) is 0 Å². The number of amides is 1. The van der Waals surface area contributed by atoms with Gasteiger partial charge in [-0.1, -0.05) is 42.5 Å². The summed E-state index contributed by atoms with van der Waals surface area (Å²) in [6, 6.07) is 24.1. The third-order valence-electron chi connectivity index (χ3n) is 4.13. The molecular weight excluding hydrogens is 352 g/mol. The molecule has 0 unspecified atom stereocenters. The molecule has 2 N–H and O–H groups in total. The van der Waals surface area contributed by atoms with Gasteiger partial charge in [-0.2, -0.15) is 5.10 Å². The number of phenols is 1. The van der Waals surface area contributed by atoms with Crippen LogP contribution >= 0.6 is 0 Å². The minimum atomic E-state index is -0.465. The number of aryl methyl sites for hydroxylation is 1. The molecule has 0 radical (unpaired) electrons. The van der Waals surface area contributed by atoms with Crippen LogP contribution in [0.25, 0.3) is 0 Å². The monoisotopic (exact) mass is 374 g/mol. The number of phenolic OH excluding ortho intramolecular Hbond substituents is 1. The van der Waals surface area contributed by atoms with E-state index in [0.717, 1.165) is 24.2 Å². The average molecular weight is 374 g/mol. The summed E-state index contributed by atoms with van der Waals surface area (Å²) in [5.74, 6) is 0.250. The van der Waals surface area contributed by atoms with E-state index in [1.54, 1.807) is 12.1 Å². The van der Waals surface area contributed by atoms with Crippen LogP contribution in [0.15, 0.2) is 84.0 Å². The molecule has 0 atom stereocenters. The topological polar surface area (TPSA) is 70.9 Å². The van der Waals surface area contributed by atoms with Gasteiger partial charge in [0.1, 0.15) is 11.5 Å². The summed E-state index contributed by atoms with van der Waals surface area (Å²) in [6.07, 6.45) is 3.48. The predicted octanol–water partition coefficient (Wildman–Crippen LogP) is 4.17. The summed E-state index contributed by atoms with van der Waals surface area (Å²) in [5, 5.41) is 13.6. The fourth-order valence-corrected chi connectivity index (χ4v) is 2.65. The Kier molecular flexibility index (Phi) is 6.79. The van der Waals surface area contributed by atoms with Gasteiger partial charge in [0, 0.05) is 0 Å². The van der Waals surface area contributed by atoms with Crippen molar-refractivity contribution >= 4 is 12.1 Å². The summed E-state index contributed by atoms with van der Waals surface area (Å²) in [7, 11) is 0. The first-order valence-corrected chi connectivity index (χ1v) is 9.10. The molecule has 142 valence electrons. The molecule has 0 aliphatic carbocycles. The number of carbonyl (C=O) groups is 1. The van der Waals surface area contributed by atoms with Gasteiger partial charge in [-0.25, -0.2) is 5.43 Å². The number of rotatable bonds is 8. The second-order valence-corrected chi connectivity index (χ2v) is 6.22. The molecule has 0 saturated heterocycles. The number of aromatic hydroxyl groups is 1. The second kappa shape index (κ2) is 9.92. The maximum Gasteiger partial charge on any atom is 0.275 e. The number of benzene rings is 3. The molecule has 0 aromatic heterocycles. The zero-order valence-electron chi connectivity index (χ0n) is 15.4. The van der Waals surface area contributed by atoms with Crippen molar-refractivity contribution in [2.75, 3.05) is 6.61 Å². The Morgan fingerprint density at radius 2 is 1.68 bits per heavy atom. The molecule has 3 aromatic carbocycles. The quantitative estimate of drug-likeness (QED) is 0.353. The van der Waals surface area contributed by atoms with E-state index in [9.17, 15) is 9.90 Å². The van der Waals surface area contributed by atoms with Crippen LogP contribution in [0.1, 0.15) is 27.9 Å². The van der Waals surface area contributed by atoms with Gasteiger partial charge in [0.25, 0.3) is 5.91 Å². The molecule has 3 rings (SSSR count). The maximum atomic E-state index is 12.0. The summed E-state index contributed by atoms with van der Waals surface area (Å²) in [5.41, 5.74) is 4.72. The van der Waals surface area contributed by atoms with Crippen LogP contribution in [0.3, 0.4) is 0 Å². The van der Waals surface area contributed by atoms with Crippen LogP contribution in [0, 0.1) is 0 Å². The Hall–Kier alpha value is -3.60. The third kappa shape index (κ3) is 5.71. The molecule has 0 fully saturated rings. The SMILES string of the molecule is O=C(N/N=C\c1ccc(OCCCc2ccccc2)cc1)c1ccccc1O. The molecule has 0 aliphatic heterocycles. The molecule has 0 bridgehead atoms. The molecule has 0 saturated carbocycles. The fraction of sp³-hybridized carbons (Fsp3) is 0.130. The van der Waals surface area contributed by atoms with Gasteiger partial charge in [-0.05, 0) is 60.4 Å². The van der Waals surface area contributed by atoms with E-state index in [2.05, 4.69) is 22.7 Å². The summed E-state index contributed by atoms with van der Waals surface area (Å²) in [6.45, 7) is 0.652. The van der Waals surface area contributed by atoms with Crippen molar-refractivity contribution in [3.63, 3.8) is 0 Å². The molecule has 5 nitrogen and oxygen atoms in total.